The van der Waals surface area contributed by atoms with E-state index in [0.717, 1.165) is 32.8 Å². The zero-order chi connectivity index (χ0) is 21.4. The Morgan fingerprint density at radius 1 is 0.742 bits per heavy atom. The number of fused-ring (bicyclic) bond motifs is 2. The van der Waals surface area contributed by atoms with Gasteiger partial charge in [0.1, 0.15) is 11.4 Å². The van der Waals surface area contributed by atoms with Crippen molar-refractivity contribution in [3.8, 4) is 16.9 Å². The second-order valence-electron chi connectivity index (χ2n) is 7.51. The highest BCUT2D eigenvalue weighted by molar-refractivity contribution is 6.15. The van der Waals surface area contributed by atoms with Gasteiger partial charge in [0, 0.05) is 22.5 Å². The number of hydrogen-bond acceptors (Lipinski definition) is 3. The van der Waals surface area contributed by atoms with Gasteiger partial charge >= 0.3 is 0 Å². The number of amides is 1. The highest BCUT2D eigenvalue weighted by Crippen LogP contribution is 2.44. The summed E-state index contributed by atoms with van der Waals surface area (Å²) in [5, 5.41) is 17.8. The molecule has 0 bridgehead atoms. The molecule has 1 aromatic heterocycles. The molecule has 0 unspecified atom stereocenters. The van der Waals surface area contributed by atoms with Crippen molar-refractivity contribution in [2.75, 3.05) is 5.32 Å². The highest BCUT2D eigenvalue weighted by Gasteiger charge is 2.19. The minimum Gasteiger partial charge on any atom is -0.507 e. The van der Waals surface area contributed by atoms with E-state index in [0.29, 0.717) is 16.9 Å². The predicted octanol–water partition coefficient (Wildman–Crippen LogP) is 6.32. The summed E-state index contributed by atoms with van der Waals surface area (Å²) in [7, 11) is 0. The topological polar surface area (TPSA) is 62.2 Å². The summed E-state index contributed by atoms with van der Waals surface area (Å²) >= 11 is 0. The lowest BCUT2D eigenvalue weighted by molar-refractivity contribution is 0.102. The van der Waals surface area contributed by atoms with E-state index in [9.17, 15) is 9.90 Å². The van der Waals surface area contributed by atoms with Crippen LogP contribution < -0.4 is 5.32 Å². The molecule has 0 spiro atoms. The van der Waals surface area contributed by atoms with Crippen LogP contribution in [0, 0.1) is 6.92 Å². The molecule has 5 rings (SSSR count). The van der Waals surface area contributed by atoms with E-state index in [1.807, 2.05) is 85.8 Å². The summed E-state index contributed by atoms with van der Waals surface area (Å²) in [6.07, 6.45) is 0. The summed E-state index contributed by atoms with van der Waals surface area (Å²) in [4.78, 5) is 17.3. The van der Waals surface area contributed by atoms with Crippen LogP contribution >= 0.6 is 0 Å². The highest BCUT2D eigenvalue weighted by atomic mass is 16.3. The minimum atomic E-state index is -0.292. The van der Waals surface area contributed by atoms with Gasteiger partial charge in [-0.05, 0) is 52.7 Å². The lowest BCUT2D eigenvalue weighted by atomic mass is 9.91. The lowest BCUT2D eigenvalue weighted by Gasteiger charge is -2.17. The van der Waals surface area contributed by atoms with E-state index in [1.54, 1.807) is 12.1 Å². The number of hydrogen-bond donors (Lipinski definition) is 2. The number of carbonyl (C=O) groups is 1. The third kappa shape index (κ3) is 3.38. The van der Waals surface area contributed by atoms with E-state index in [1.165, 1.54) is 0 Å². The molecule has 0 saturated carbocycles. The first-order valence-corrected chi connectivity index (χ1v) is 10.1. The molecule has 0 radical (unpaired) electrons. The molecule has 0 aliphatic carbocycles. The summed E-state index contributed by atoms with van der Waals surface area (Å²) in [5.74, 6) is -0.126. The van der Waals surface area contributed by atoms with Gasteiger partial charge in [0.05, 0.1) is 0 Å². The Hall–Kier alpha value is -4.18. The third-order valence-electron chi connectivity index (χ3n) is 5.46. The molecular formula is C27H20N2O2. The second kappa shape index (κ2) is 7.58. The average molecular weight is 404 g/mol. The molecule has 4 nitrogen and oxygen atoms in total. The van der Waals surface area contributed by atoms with Crippen LogP contribution in [-0.4, -0.2) is 16.0 Å². The van der Waals surface area contributed by atoms with Crippen LogP contribution in [0.4, 0.5) is 5.69 Å². The number of aromatic hydroxyl groups is 1. The molecule has 5 aromatic rings. The van der Waals surface area contributed by atoms with Crippen molar-refractivity contribution < 1.29 is 9.90 Å². The quantitative estimate of drug-likeness (QED) is 0.370. The van der Waals surface area contributed by atoms with Gasteiger partial charge in [0.15, 0.2) is 0 Å². The normalized spacial score (nSPS) is 11.0. The number of rotatable bonds is 3. The van der Waals surface area contributed by atoms with Crippen LogP contribution in [0.25, 0.3) is 32.7 Å². The Bertz CT molecular complexity index is 1460. The molecule has 4 heteroatoms. The van der Waals surface area contributed by atoms with Crippen LogP contribution in [0.5, 0.6) is 5.75 Å². The Balaban J connectivity index is 1.76. The standard InChI is InChI=1S/C27H20N2O2/c1-17-7-6-12-23(28-17)27(31)29-22-15-13-18-8-2-4-10-20(18)25(22)26-21-11-5-3-9-19(21)14-16-24(26)30/h2-16,30H,1H3,(H,29,31). The first-order valence-electron chi connectivity index (χ1n) is 10.1. The Kier molecular flexibility index (Phi) is 4.60. The van der Waals surface area contributed by atoms with E-state index < -0.39 is 0 Å². The van der Waals surface area contributed by atoms with Crippen LogP contribution in [0.2, 0.25) is 0 Å². The maximum absolute atomic E-state index is 13.0. The summed E-state index contributed by atoms with van der Waals surface area (Å²) < 4.78 is 0. The number of aryl methyl sites for hydroxylation is 1. The Morgan fingerprint density at radius 3 is 2.10 bits per heavy atom. The number of carbonyl (C=O) groups excluding carboxylic acids is 1. The number of anilines is 1. The van der Waals surface area contributed by atoms with Gasteiger partial charge in [-0.25, -0.2) is 4.98 Å². The molecule has 1 heterocycles. The van der Waals surface area contributed by atoms with E-state index in [4.69, 9.17) is 0 Å². The van der Waals surface area contributed by atoms with Crippen molar-refractivity contribution >= 4 is 33.1 Å². The summed E-state index contributed by atoms with van der Waals surface area (Å²) in [6, 6.07) is 28.7. The maximum atomic E-state index is 13.0. The van der Waals surface area contributed by atoms with Crippen LogP contribution in [0.15, 0.2) is 91.0 Å². The van der Waals surface area contributed by atoms with Crippen molar-refractivity contribution in [3.63, 3.8) is 0 Å². The smallest absolute Gasteiger partial charge is 0.274 e. The van der Waals surface area contributed by atoms with Gasteiger partial charge in [0.25, 0.3) is 5.91 Å². The fraction of sp³-hybridized carbons (Fsp3) is 0.0370. The third-order valence-corrected chi connectivity index (χ3v) is 5.46. The molecule has 31 heavy (non-hydrogen) atoms. The maximum Gasteiger partial charge on any atom is 0.274 e. The van der Waals surface area contributed by atoms with E-state index in [-0.39, 0.29) is 11.7 Å². The van der Waals surface area contributed by atoms with Crippen LogP contribution in [0.1, 0.15) is 16.2 Å². The molecule has 150 valence electrons. The number of nitrogens with one attached hydrogen (secondary N) is 1. The molecule has 0 saturated heterocycles. The first-order chi connectivity index (χ1) is 15.1. The molecule has 4 aromatic carbocycles. The zero-order valence-corrected chi connectivity index (χ0v) is 17.0. The van der Waals surface area contributed by atoms with Gasteiger partial charge in [-0.1, -0.05) is 66.7 Å². The molecule has 0 aliphatic heterocycles. The van der Waals surface area contributed by atoms with Gasteiger partial charge in [-0.3, -0.25) is 4.79 Å². The zero-order valence-electron chi connectivity index (χ0n) is 17.0. The minimum absolute atomic E-state index is 0.166. The number of benzene rings is 4. The van der Waals surface area contributed by atoms with Crippen molar-refractivity contribution in [3.05, 3.63) is 102 Å². The van der Waals surface area contributed by atoms with Gasteiger partial charge in [-0.2, -0.15) is 0 Å². The monoisotopic (exact) mass is 404 g/mol. The van der Waals surface area contributed by atoms with Crippen molar-refractivity contribution in [1.82, 2.24) is 4.98 Å². The number of aromatic nitrogens is 1. The van der Waals surface area contributed by atoms with E-state index >= 15 is 0 Å². The van der Waals surface area contributed by atoms with Gasteiger partial charge in [0.2, 0.25) is 0 Å². The molecule has 2 N–H and O–H groups in total. The number of phenolic OH excluding ortho intramolecular Hbond substituents is 1. The van der Waals surface area contributed by atoms with Crippen molar-refractivity contribution in [2.24, 2.45) is 0 Å². The Morgan fingerprint density at radius 2 is 1.39 bits per heavy atom. The second-order valence-corrected chi connectivity index (χ2v) is 7.51. The average Bonchev–Trinajstić information content (AvgIpc) is 2.79. The first kappa shape index (κ1) is 18.8. The van der Waals surface area contributed by atoms with Gasteiger partial charge in [-0.15, -0.1) is 0 Å². The predicted molar refractivity (Wildman–Crippen MR) is 125 cm³/mol. The Labute approximate surface area is 179 Å². The van der Waals surface area contributed by atoms with Gasteiger partial charge < -0.3 is 10.4 Å². The van der Waals surface area contributed by atoms with Crippen molar-refractivity contribution in [1.29, 1.82) is 0 Å². The number of nitrogens with zero attached hydrogens (tertiary/aromatic N) is 1. The number of phenols is 1. The fourth-order valence-corrected chi connectivity index (χ4v) is 4.02. The SMILES string of the molecule is Cc1cccc(C(=O)Nc2ccc3ccccc3c2-c2c(O)ccc3ccccc23)n1. The molecule has 1 amide bonds. The largest absolute Gasteiger partial charge is 0.507 e. The number of pyridine rings is 1. The molecular weight excluding hydrogens is 384 g/mol. The lowest BCUT2D eigenvalue weighted by Crippen LogP contribution is -2.14. The van der Waals surface area contributed by atoms with Crippen LogP contribution in [0.3, 0.4) is 0 Å². The summed E-state index contributed by atoms with van der Waals surface area (Å²) in [6.45, 7) is 1.85. The molecule has 0 atom stereocenters. The van der Waals surface area contributed by atoms with E-state index in [2.05, 4.69) is 10.3 Å². The summed E-state index contributed by atoms with van der Waals surface area (Å²) in [5.41, 5.74) is 3.23. The van der Waals surface area contributed by atoms with Crippen molar-refractivity contribution in [2.45, 2.75) is 6.92 Å². The van der Waals surface area contributed by atoms with Crippen LogP contribution in [-0.2, 0) is 0 Å². The molecule has 0 aliphatic rings. The fourth-order valence-electron chi connectivity index (χ4n) is 4.02. The molecule has 0 fully saturated rings.